The van der Waals surface area contributed by atoms with E-state index >= 15 is 0 Å². The normalized spacial score (nSPS) is 15.9. The Bertz CT molecular complexity index is 489. The third-order valence-electron chi connectivity index (χ3n) is 2.94. The molecular formula is C11H15N3O3. The van der Waals surface area contributed by atoms with E-state index in [-0.39, 0.29) is 16.8 Å². The summed E-state index contributed by atoms with van der Waals surface area (Å²) >= 11 is 0. The van der Waals surface area contributed by atoms with Crippen LogP contribution >= 0.6 is 0 Å². The van der Waals surface area contributed by atoms with Crippen molar-refractivity contribution >= 4 is 17.5 Å². The van der Waals surface area contributed by atoms with Crippen LogP contribution in [0.5, 0.6) is 0 Å². The van der Waals surface area contributed by atoms with Gasteiger partial charge in [0.2, 0.25) is 0 Å². The van der Waals surface area contributed by atoms with Gasteiger partial charge in [0, 0.05) is 19.2 Å². The third kappa shape index (κ3) is 2.25. The van der Waals surface area contributed by atoms with E-state index in [1.165, 1.54) is 0 Å². The first kappa shape index (κ1) is 11.5. The number of nitrogens with one attached hydrogen (secondary N) is 1. The maximum Gasteiger partial charge on any atom is 0.341 e. The second kappa shape index (κ2) is 4.48. The Labute approximate surface area is 98.1 Å². The molecule has 17 heavy (non-hydrogen) atoms. The lowest BCUT2D eigenvalue weighted by Crippen LogP contribution is -2.33. The quantitative estimate of drug-likeness (QED) is 0.701. The SMILES string of the molecule is Nc1cc(=O)[nH]c(N2CCCCC2)c1C(=O)O. The van der Waals surface area contributed by atoms with E-state index in [0.29, 0.717) is 5.82 Å². The standard InChI is InChI=1S/C11H15N3O3/c12-7-6-8(15)13-10(9(7)11(16)17)14-4-2-1-3-5-14/h6H,1-5H2,(H,16,17)(H3,12,13,15). The molecule has 0 saturated carbocycles. The van der Waals surface area contributed by atoms with E-state index in [2.05, 4.69) is 4.98 Å². The van der Waals surface area contributed by atoms with Crippen molar-refractivity contribution in [2.75, 3.05) is 23.7 Å². The number of rotatable bonds is 2. The molecule has 1 aliphatic rings. The third-order valence-corrected chi connectivity index (χ3v) is 2.94. The smallest absolute Gasteiger partial charge is 0.341 e. The number of H-pyrrole nitrogens is 1. The first-order valence-corrected chi connectivity index (χ1v) is 5.60. The number of hydrogen-bond acceptors (Lipinski definition) is 4. The summed E-state index contributed by atoms with van der Waals surface area (Å²) in [5, 5.41) is 9.14. The molecule has 1 aromatic rings. The van der Waals surface area contributed by atoms with Crippen molar-refractivity contribution in [3.8, 4) is 0 Å². The number of carboxylic acids is 1. The first-order valence-electron chi connectivity index (χ1n) is 5.60. The van der Waals surface area contributed by atoms with Crippen molar-refractivity contribution in [2.45, 2.75) is 19.3 Å². The van der Waals surface area contributed by atoms with Gasteiger partial charge in [-0.05, 0) is 19.3 Å². The number of nitrogens with two attached hydrogens (primary N) is 1. The molecule has 1 saturated heterocycles. The molecule has 0 radical (unpaired) electrons. The fraction of sp³-hybridized carbons (Fsp3) is 0.455. The van der Waals surface area contributed by atoms with Crippen LogP contribution in [0.4, 0.5) is 11.5 Å². The minimum absolute atomic E-state index is 0.00787. The molecule has 6 nitrogen and oxygen atoms in total. The predicted molar refractivity (Wildman–Crippen MR) is 64.5 cm³/mol. The van der Waals surface area contributed by atoms with Crippen molar-refractivity contribution in [2.24, 2.45) is 0 Å². The Hall–Kier alpha value is -1.98. The molecule has 0 unspecified atom stereocenters. The highest BCUT2D eigenvalue weighted by Crippen LogP contribution is 2.24. The lowest BCUT2D eigenvalue weighted by Gasteiger charge is -2.29. The van der Waals surface area contributed by atoms with Gasteiger partial charge < -0.3 is 20.7 Å². The van der Waals surface area contributed by atoms with Crippen LogP contribution < -0.4 is 16.2 Å². The average Bonchev–Trinajstić information content (AvgIpc) is 2.28. The number of hydrogen-bond donors (Lipinski definition) is 3. The lowest BCUT2D eigenvalue weighted by molar-refractivity contribution is 0.0698. The highest BCUT2D eigenvalue weighted by Gasteiger charge is 2.21. The molecule has 1 fully saturated rings. The Kier molecular flexibility index (Phi) is 3.03. The molecule has 1 aromatic heterocycles. The number of anilines is 2. The van der Waals surface area contributed by atoms with E-state index in [1.54, 1.807) is 0 Å². The van der Waals surface area contributed by atoms with Gasteiger partial charge in [-0.1, -0.05) is 0 Å². The predicted octanol–water partition coefficient (Wildman–Crippen LogP) is 0.646. The van der Waals surface area contributed by atoms with Crippen LogP contribution in [0.3, 0.4) is 0 Å². The minimum Gasteiger partial charge on any atom is -0.477 e. The van der Waals surface area contributed by atoms with Crippen LogP contribution in [0, 0.1) is 0 Å². The van der Waals surface area contributed by atoms with Crippen molar-refractivity contribution in [1.82, 2.24) is 4.98 Å². The molecular weight excluding hydrogens is 222 g/mol. The Morgan fingerprint density at radius 2 is 2.00 bits per heavy atom. The van der Waals surface area contributed by atoms with Crippen LogP contribution in [-0.2, 0) is 0 Å². The zero-order chi connectivity index (χ0) is 12.4. The van der Waals surface area contributed by atoms with Crippen LogP contribution in [0.25, 0.3) is 0 Å². The lowest BCUT2D eigenvalue weighted by atomic mass is 10.1. The summed E-state index contributed by atoms with van der Waals surface area (Å²) in [4.78, 5) is 27.0. The maximum absolute atomic E-state index is 11.4. The zero-order valence-electron chi connectivity index (χ0n) is 9.40. The van der Waals surface area contributed by atoms with E-state index in [1.807, 2.05) is 4.90 Å². The molecule has 0 atom stereocenters. The average molecular weight is 237 g/mol. The maximum atomic E-state index is 11.4. The van der Waals surface area contributed by atoms with Gasteiger partial charge >= 0.3 is 5.97 Å². The molecule has 1 aliphatic heterocycles. The topological polar surface area (TPSA) is 99.4 Å². The highest BCUT2D eigenvalue weighted by molar-refractivity contribution is 5.98. The van der Waals surface area contributed by atoms with Gasteiger partial charge in [0.25, 0.3) is 5.56 Å². The van der Waals surface area contributed by atoms with Crippen molar-refractivity contribution < 1.29 is 9.90 Å². The van der Waals surface area contributed by atoms with Crippen LogP contribution in [0.1, 0.15) is 29.6 Å². The number of pyridine rings is 1. The summed E-state index contributed by atoms with van der Waals surface area (Å²) < 4.78 is 0. The number of carboxylic acid groups (broad SMARTS) is 1. The van der Waals surface area contributed by atoms with Gasteiger partial charge in [0.15, 0.2) is 0 Å². The highest BCUT2D eigenvalue weighted by atomic mass is 16.4. The summed E-state index contributed by atoms with van der Waals surface area (Å²) in [5.74, 6) is -0.776. The summed E-state index contributed by atoms with van der Waals surface area (Å²) in [5.41, 5.74) is 5.24. The van der Waals surface area contributed by atoms with E-state index in [0.717, 1.165) is 38.4 Å². The fourth-order valence-electron chi connectivity index (χ4n) is 2.14. The van der Waals surface area contributed by atoms with Crippen LogP contribution in [0.15, 0.2) is 10.9 Å². The van der Waals surface area contributed by atoms with Gasteiger partial charge in [-0.2, -0.15) is 0 Å². The van der Waals surface area contributed by atoms with Crippen molar-refractivity contribution in [3.63, 3.8) is 0 Å². The Balaban J connectivity index is 2.50. The van der Waals surface area contributed by atoms with E-state index < -0.39 is 5.97 Å². The van der Waals surface area contributed by atoms with Gasteiger partial charge in [-0.3, -0.25) is 4.79 Å². The number of piperidine rings is 1. The Morgan fingerprint density at radius 3 is 2.59 bits per heavy atom. The van der Waals surface area contributed by atoms with Gasteiger partial charge in [-0.15, -0.1) is 0 Å². The molecule has 4 N–H and O–H groups in total. The largest absolute Gasteiger partial charge is 0.477 e. The number of aromatic carboxylic acids is 1. The number of aromatic nitrogens is 1. The molecule has 2 rings (SSSR count). The summed E-state index contributed by atoms with van der Waals surface area (Å²) in [6.45, 7) is 1.50. The van der Waals surface area contributed by atoms with Gasteiger partial charge in [0.05, 0.1) is 5.69 Å². The van der Waals surface area contributed by atoms with E-state index in [4.69, 9.17) is 10.8 Å². The molecule has 0 amide bonds. The number of nitrogens with zero attached hydrogens (tertiary/aromatic N) is 1. The molecule has 6 heteroatoms. The molecule has 0 aliphatic carbocycles. The van der Waals surface area contributed by atoms with Crippen LogP contribution in [0.2, 0.25) is 0 Å². The molecule has 92 valence electrons. The summed E-state index contributed by atoms with van der Waals surface area (Å²) in [7, 11) is 0. The number of carbonyl (C=O) groups is 1. The van der Waals surface area contributed by atoms with Gasteiger partial charge in [-0.25, -0.2) is 4.79 Å². The summed E-state index contributed by atoms with van der Waals surface area (Å²) in [6.07, 6.45) is 3.12. The van der Waals surface area contributed by atoms with Gasteiger partial charge in [0.1, 0.15) is 11.4 Å². The monoisotopic (exact) mass is 237 g/mol. The number of aromatic amines is 1. The second-order valence-corrected chi connectivity index (χ2v) is 4.17. The molecule has 0 aromatic carbocycles. The minimum atomic E-state index is -1.11. The molecule has 0 spiro atoms. The molecule has 2 heterocycles. The number of nitrogen functional groups attached to an aromatic ring is 1. The molecule has 0 bridgehead atoms. The first-order chi connectivity index (χ1) is 8.09. The second-order valence-electron chi connectivity index (χ2n) is 4.17. The fourth-order valence-corrected chi connectivity index (χ4v) is 2.14. The van der Waals surface area contributed by atoms with Crippen molar-refractivity contribution in [3.05, 3.63) is 22.0 Å². The Morgan fingerprint density at radius 1 is 1.35 bits per heavy atom. The van der Waals surface area contributed by atoms with E-state index in [9.17, 15) is 9.59 Å². The van der Waals surface area contributed by atoms with Crippen LogP contribution in [-0.4, -0.2) is 29.1 Å². The summed E-state index contributed by atoms with van der Waals surface area (Å²) in [6, 6.07) is 1.11. The zero-order valence-corrected chi connectivity index (χ0v) is 9.40. The van der Waals surface area contributed by atoms with Crippen molar-refractivity contribution in [1.29, 1.82) is 0 Å².